The van der Waals surface area contributed by atoms with Gasteiger partial charge in [-0.05, 0) is 12.8 Å². The molecule has 0 unspecified atom stereocenters. The summed E-state index contributed by atoms with van der Waals surface area (Å²) in [4.78, 5) is 16.7. The molecule has 1 amide bonds. The van der Waals surface area contributed by atoms with Crippen LogP contribution in [0.25, 0.3) is 0 Å². The number of hydrogen-bond acceptors (Lipinski definition) is 4. The van der Waals surface area contributed by atoms with Crippen molar-refractivity contribution < 1.29 is 4.79 Å². The van der Waals surface area contributed by atoms with Gasteiger partial charge in [0, 0.05) is 32.2 Å². The SMILES string of the molecule is Nc1[nH]ncc1C(=O)N1CCN(C2CCCC2)CC1. The maximum Gasteiger partial charge on any atom is 0.259 e. The number of amides is 1. The molecular weight excluding hydrogens is 242 g/mol. The van der Waals surface area contributed by atoms with Crippen molar-refractivity contribution >= 4 is 11.7 Å². The first-order chi connectivity index (χ1) is 9.25. The van der Waals surface area contributed by atoms with Crippen LogP contribution in [0.2, 0.25) is 0 Å². The van der Waals surface area contributed by atoms with Gasteiger partial charge in [0.2, 0.25) is 0 Å². The van der Waals surface area contributed by atoms with Gasteiger partial charge in [0.05, 0.1) is 6.20 Å². The minimum atomic E-state index is -0.00248. The number of carbonyl (C=O) groups excluding carboxylic acids is 1. The predicted octanol–water partition coefficient (Wildman–Crippen LogP) is 0.692. The summed E-state index contributed by atoms with van der Waals surface area (Å²) in [6, 6.07) is 0.747. The number of hydrogen-bond donors (Lipinski definition) is 2. The number of nitrogen functional groups attached to an aromatic ring is 1. The van der Waals surface area contributed by atoms with Gasteiger partial charge < -0.3 is 10.6 Å². The summed E-state index contributed by atoms with van der Waals surface area (Å²) in [5, 5.41) is 6.42. The van der Waals surface area contributed by atoms with E-state index in [0.717, 1.165) is 32.2 Å². The zero-order chi connectivity index (χ0) is 13.2. The van der Waals surface area contributed by atoms with Gasteiger partial charge in [-0.1, -0.05) is 12.8 Å². The number of nitrogens with one attached hydrogen (secondary N) is 1. The maximum atomic E-state index is 12.3. The van der Waals surface area contributed by atoms with Crippen LogP contribution < -0.4 is 5.73 Å². The van der Waals surface area contributed by atoms with Crippen molar-refractivity contribution in [2.75, 3.05) is 31.9 Å². The summed E-state index contributed by atoms with van der Waals surface area (Å²) < 4.78 is 0. The highest BCUT2D eigenvalue weighted by molar-refractivity contribution is 5.98. The van der Waals surface area contributed by atoms with Crippen molar-refractivity contribution in [2.24, 2.45) is 0 Å². The molecule has 19 heavy (non-hydrogen) atoms. The van der Waals surface area contributed by atoms with E-state index in [2.05, 4.69) is 15.1 Å². The first-order valence-corrected chi connectivity index (χ1v) is 7.08. The topological polar surface area (TPSA) is 78.2 Å². The Morgan fingerprint density at radius 3 is 2.53 bits per heavy atom. The Morgan fingerprint density at radius 1 is 1.26 bits per heavy atom. The van der Waals surface area contributed by atoms with Gasteiger partial charge in [-0.3, -0.25) is 14.8 Å². The number of aromatic nitrogens is 2. The van der Waals surface area contributed by atoms with Crippen molar-refractivity contribution in [3.63, 3.8) is 0 Å². The van der Waals surface area contributed by atoms with Gasteiger partial charge in [-0.2, -0.15) is 5.10 Å². The Balaban J connectivity index is 1.58. The molecule has 1 aromatic heterocycles. The molecule has 0 spiro atoms. The van der Waals surface area contributed by atoms with Crippen molar-refractivity contribution in [3.8, 4) is 0 Å². The maximum absolute atomic E-state index is 12.3. The third-order valence-corrected chi connectivity index (χ3v) is 4.34. The van der Waals surface area contributed by atoms with Crippen molar-refractivity contribution in [2.45, 2.75) is 31.7 Å². The normalized spacial score (nSPS) is 22.0. The predicted molar refractivity (Wildman–Crippen MR) is 72.7 cm³/mol. The Labute approximate surface area is 112 Å². The van der Waals surface area contributed by atoms with E-state index >= 15 is 0 Å². The molecule has 1 saturated heterocycles. The van der Waals surface area contributed by atoms with Gasteiger partial charge >= 0.3 is 0 Å². The molecule has 1 aromatic rings. The number of nitrogens with zero attached hydrogens (tertiary/aromatic N) is 3. The standard InChI is InChI=1S/C13H21N5O/c14-12-11(9-15-16-12)13(19)18-7-5-17(6-8-18)10-3-1-2-4-10/h9-10H,1-8H2,(H3,14,15,16). The van der Waals surface area contributed by atoms with Crippen LogP contribution in [0, 0.1) is 0 Å². The Bertz CT molecular complexity index is 444. The first-order valence-electron chi connectivity index (χ1n) is 7.08. The van der Waals surface area contributed by atoms with E-state index in [0.29, 0.717) is 11.4 Å². The summed E-state index contributed by atoms with van der Waals surface area (Å²) >= 11 is 0. The molecule has 2 fully saturated rings. The highest BCUT2D eigenvalue weighted by Gasteiger charge is 2.29. The highest BCUT2D eigenvalue weighted by Crippen LogP contribution is 2.24. The lowest BCUT2D eigenvalue weighted by Crippen LogP contribution is -2.51. The number of nitrogens with two attached hydrogens (primary N) is 1. The van der Waals surface area contributed by atoms with Gasteiger partial charge in [0.15, 0.2) is 0 Å². The van der Waals surface area contributed by atoms with E-state index in [1.807, 2.05) is 4.90 Å². The molecule has 2 aliphatic rings. The first kappa shape index (κ1) is 12.5. The van der Waals surface area contributed by atoms with Crippen LogP contribution in [0.3, 0.4) is 0 Å². The van der Waals surface area contributed by atoms with Gasteiger partial charge in [-0.25, -0.2) is 0 Å². The molecule has 0 atom stereocenters. The second-order valence-corrected chi connectivity index (χ2v) is 5.46. The summed E-state index contributed by atoms with van der Waals surface area (Å²) in [7, 11) is 0. The van der Waals surface area contributed by atoms with E-state index in [9.17, 15) is 4.79 Å². The van der Waals surface area contributed by atoms with Crippen LogP contribution in [0.1, 0.15) is 36.0 Å². The van der Waals surface area contributed by atoms with Crippen LogP contribution in [0.15, 0.2) is 6.20 Å². The Kier molecular flexibility index (Phi) is 3.42. The van der Waals surface area contributed by atoms with E-state index in [4.69, 9.17) is 5.73 Å². The average Bonchev–Trinajstić information content (AvgIpc) is 3.09. The van der Waals surface area contributed by atoms with E-state index in [1.54, 1.807) is 0 Å². The minimum absolute atomic E-state index is 0.00248. The molecule has 3 N–H and O–H groups in total. The summed E-state index contributed by atoms with van der Waals surface area (Å²) in [6.45, 7) is 3.54. The molecule has 6 nitrogen and oxygen atoms in total. The molecule has 0 aromatic carbocycles. The van der Waals surface area contributed by atoms with Crippen molar-refractivity contribution in [1.29, 1.82) is 0 Å². The molecule has 1 saturated carbocycles. The zero-order valence-electron chi connectivity index (χ0n) is 11.1. The number of piperazine rings is 1. The Hall–Kier alpha value is -1.56. The van der Waals surface area contributed by atoms with Gasteiger partial charge in [0.1, 0.15) is 11.4 Å². The van der Waals surface area contributed by atoms with Crippen LogP contribution in [0.5, 0.6) is 0 Å². The van der Waals surface area contributed by atoms with E-state index in [1.165, 1.54) is 31.9 Å². The molecular formula is C13H21N5O. The fraction of sp³-hybridized carbons (Fsp3) is 0.692. The lowest BCUT2D eigenvalue weighted by molar-refractivity contribution is 0.0574. The lowest BCUT2D eigenvalue weighted by atomic mass is 10.1. The van der Waals surface area contributed by atoms with Gasteiger partial charge in [0.25, 0.3) is 5.91 Å². The molecule has 0 radical (unpaired) electrons. The number of carbonyl (C=O) groups is 1. The van der Waals surface area contributed by atoms with Crippen molar-refractivity contribution in [1.82, 2.24) is 20.0 Å². The summed E-state index contributed by atoms with van der Waals surface area (Å²) in [5.41, 5.74) is 6.19. The third kappa shape index (κ3) is 2.45. The molecule has 1 aliphatic heterocycles. The second kappa shape index (κ2) is 5.21. The van der Waals surface area contributed by atoms with Crippen molar-refractivity contribution in [3.05, 3.63) is 11.8 Å². The number of aromatic amines is 1. The molecule has 104 valence electrons. The van der Waals surface area contributed by atoms with E-state index in [-0.39, 0.29) is 5.91 Å². The van der Waals surface area contributed by atoms with Crippen LogP contribution >= 0.6 is 0 Å². The summed E-state index contributed by atoms with van der Waals surface area (Å²) in [6.07, 6.45) is 6.87. The number of H-pyrrole nitrogens is 1. The minimum Gasteiger partial charge on any atom is -0.383 e. The van der Waals surface area contributed by atoms with Crippen LogP contribution in [0.4, 0.5) is 5.82 Å². The molecule has 6 heteroatoms. The summed E-state index contributed by atoms with van der Waals surface area (Å²) in [5.74, 6) is 0.362. The van der Waals surface area contributed by atoms with Gasteiger partial charge in [-0.15, -0.1) is 0 Å². The number of anilines is 1. The van der Waals surface area contributed by atoms with E-state index < -0.39 is 0 Å². The number of rotatable bonds is 2. The smallest absolute Gasteiger partial charge is 0.259 e. The molecule has 0 bridgehead atoms. The van der Waals surface area contributed by atoms with Crippen LogP contribution in [-0.4, -0.2) is 58.1 Å². The Morgan fingerprint density at radius 2 is 1.95 bits per heavy atom. The lowest BCUT2D eigenvalue weighted by Gasteiger charge is -2.38. The fourth-order valence-corrected chi connectivity index (χ4v) is 3.20. The zero-order valence-corrected chi connectivity index (χ0v) is 11.1. The fourth-order valence-electron chi connectivity index (χ4n) is 3.20. The second-order valence-electron chi connectivity index (χ2n) is 5.46. The quantitative estimate of drug-likeness (QED) is 0.823. The largest absolute Gasteiger partial charge is 0.383 e. The monoisotopic (exact) mass is 263 g/mol. The highest BCUT2D eigenvalue weighted by atomic mass is 16.2. The molecule has 1 aliphatic carbocycles. The molecule has 2 heterocycles. The third-order valence-electron chi connectivity index (χ3n) is 4.34. The molecule has 3 rings (SSSR count). The van der Waals surface area contributed by atoms with Crippen LogP contribution in [-0.2, 0) is 0 Å². The average molecular weight is 263 g/mol.